The fourth-order valence-corrected chi connectivity index (χ4v) is 2.11. The molecule has 1 aromatic heterocycles. The molecule has 0 aliphatic rings. The van der Waals surface area contributed by atoms with Crippen LogP contribution < -0.4 is 4.90 Å². The molecule has 1 aromatic carbocycles. The molecular formula is C14H14ClN3O2. The fourth-order valence-electron chi connectivity index (χ4n) is 1.94. The summed E-state index contributed by atoms with van der Waals surface area (Å²) in [5.41, 5.74) is 2.19. The van der Waals surface area contributed by atoms with E-state index in [0.717, 1.165) is 11.3 Å². The average Bonchev–Trinajstić information content (AvgIpc) is 2.47. The number of hydrogen-bond acceptors (Lipinski definition) is 4. The summed E-state index contributed by atoms with van der Waals surface area (Å²) in [6, 6.07) is 10.6. The largest absolute Gasteiger partial charge is 0.363 e. The number of aromatic nitrogens is 1. The van der Waals surface area contributed by atoms with Crippen molar-refractivity contribution in [2.75, 3.05) is 11.9 Å². The van der Waals surface area contributed by atoms with Crippen molar-refractivity contribution in [1.82, 2.24) is 4.98 Å². The van der Waals surface area contributed by atoms with Gasteiger partial charge < -0.3 is 4.90 Å². The first-order chi connectivity index (χ1) is 9.61. The van der Waals surface area contributed by atoms with E-state index in [9.17, 15) is 10.1 Å². The summed E-state index contributed by atoms with van der Waals surface area (Å²) in [6.45, 7) is 0.502. The second kappa shape index (κ2) is 6.34. The smallest absolute Gasteiger partial charge is 0.292 e. The average molecular weight is 292 g/mol. The van der Waals surface area contributed by atoms with Gasteiger partial charge in [-0.3, -0.25) is 15.1 Å². The lowest BCUT2D eigenvalue weighted by atomic mass is 10.1. The highest BCUT2D eigenvalue weighted by Crippen LogP contribution is 2.29. The van der Waals surface area contributed by atoms with Gasteiger partial charge in [0, 0.05) is 25.2 Å². The molecule has 20 heavy (non-hydrogen) atoms. The van der Waals surface area contributed by atoms with Crippen molar-refractivity contribution in [3.63, 3.8) is 0 Å². The molecule has 2 rings (SSSR count). The van der Waals surface area contributed by atoms with Crippen LogP contribution in [0.4, 0.5) is 11.4 Å². The van der Waals surface area contributed by atoms with Gasteiger partial charge in [0.1, 0.15) is 5.69 Å². The molecule has 0 saturated carbocycles. The Bertz CT molecular complexity index is 605. The van der Waals surface area contributed by atoms with Gasteiger partial charge in [0.05, 0.1) is 17.2 Å². The molecule has 0 N–H and O–H groups in total. The summed E-state index contributed by atoms with van der Waals surface area (Å²) in [4.78, 5) is 16.8. The van der Waals surface area contributed by atoms with Gasteiger partial charge in [-0.1, -0.05) is 12.1 Å². The highest BCUT2D eigenvalue weighted by atomic mass is 35.5. The Morgan fingerprint density at radius 1 is 1.35 bits per heavy atom. The van der Waals surface area contributed by atoms with Crippen molar-refractivity contribution in [1.29, 1.82) is 0 Å². The summed E-state index contributed by atoms with van der Waals surface area (Å²) in [6.07, 6.45) is 1.70. The summed E-state index contributed by atoms with van der Waals surface area (Å²) in [7, 11) is 1.80. The van der Waals surface area contributed by atoms with Crippen molar-refractivity contribution in [3.05, 3.63) is 64.0 Å². The van der Waals surface area contributed by atoms with Crippen molar-refractivity contribution < 1.29 is 4.92 Å². The molecule has 0 amide bonds. The number of nitro groups is 1. The van der Waals surface area contributed by atoms with E-state index in [1.807, 2.05) is 18.2 Å². The predicted octanol–water partition coefficient (Wildman–Crippen LogP) is 3.37. The van der Waals surface area contributed by atoms with Crippen LogP contribution in [-0.4, -0.2) is 17.0 Å². The maximum Gasteiger partial charge on any atom is 0.292 e. The second-order valence-electron chi connectivity index (χ2n) is 4.39. The monoisotopic (exact) mass is 291 g/mol. The lowest BCUT2D eigenvalue weighted by Gasteiger charge is -2.19. The minimum Gasteiger partial charge on any atom is -0.363 e. The minimum atomic E-state index is -0.389. The molecular weight excluding hydrogens is 278 g/mol. The Morgan fingerprint density at radius 3 is 2.75 bits per heavy atom. The zero-order valence-corrected chi connectivity index (χ0v) is 11.7. The Hall–Kier alpha value is -2.14. The van der Waals surface area contributed by atoms with Crippen LogP contribution in [0.1, 0.15) is 11.3 Å². The molecule has 2 aromatic rings. The zero-order chi connectivity index (χ0) is 14.5. The highest BCUT2D eigenvalue weighted by molar-refractivity contribution is 6.17. The summed E-state index contributed by atoms with van der Waals surface area (Å²) >= 11 is 5.72. The van der Waals surface area contributed by atoms with E-state index < -0.39 is 0 Å². The van der Waals surface area contributed by atoms with Crippen LogP contribution in [0, 0.1) is 10.1 Å². The molecule has 0 radical (unpaired) electrons. The van der Waals surface area contributed by atoms with E-state index in [-0.39, 0.29) is 16.5 Å². The summed E-state index contributed by atoms with van der Waals surface area (Å²) in [5, 5.41) is 11.2. The SMILES string of the molecule is CN(Cc1ccccn1)c1ccc(CCl)cc1[N+](=O)[O-]. The first-order valence-corrected chi connectivity index (χ1v) is 6.59. The molecule has 5 nitrogen and oxygen atoms in total. The van der Waals surface area contributed by atoms with Crippen LogP contribution >= 0.6 is 11.6 Å². The third kappa shape index (κ3) is 3.24. The number of nitro benzene ring substituents is 1. The number of pyridine rings is 1. The Balaban J connectivity index is 2.29. The topological polar surface area (TPSA) is 59.3 Å². The maximum absolute atomic E-state index is 11.2. The van der Waals surface area contributed by atoms with E-state index in [1.165, 1.54) is 6.07 Å². The quantitative estimate of drug-likeness (QED) is 0.481. The molecule has 0 bridgehead atoms. The molecule has 0 spiro atoms. The maximum atomic E-state index is 11.2. The Labute approximate surface area is 122 Å². The molecule has 0 fully saturated rings. The van der Waals surface area contributed by atoms with E-state index in [1.54, 1.807) is 30.3 Å². The molecule has 0 aliphatic heterocycles. The summed E-state index contributed by atoms with van der Waals surface area (Å²) in [5.74, 6) is 0.255. The van der Waals surface area contributed by atoms with Gasteiger partial charge in [0.25, 0.3) is 5.69 Å². The molecule has 0 aliphatic carbocycles. The first kappa shape index (κ1) is 14.3. The van der Waals surface area contributed by atoms with Crippen LogP contribution in [0.15, 0.2) is 42.6 Å². The molecule has 0 unspecified atom stereocenters. The van der Waals surface area contributed by atoms with Crippen LogP contribution in [0.2, 0.25) is 0 Å². The minimum absolute atomic E-state index is 0.0570. The van der Waals surface area contributed by atoms with E-state index in [2.05, 4.69) is 4.98 Å². The number of hydrogen-bond donors (Lipinski definition) is 0. The van der Waals surface area contributed by atoms with Gasteiger partial charge in [0.2, 0.25) is 0 Å². The van der Waals surface area contributed by atoms with E-state index in [0.29, 0.717) is 12.2 Å². The van der Waals surface area contributed by atoms with Gasteiger partial charge in [-0.15, -0.1) is 11.6 Å². The number of nitrogens with zero attached hydrogens (tertiary/aromatic N) is 3. The predicted molar refractivity (Wildman–Crippen MR) is 79.0 cm³/mol. The van der Waals surface area contributed by atoms with Gasteiger partial charge in [0.15, 0.2) is 0 Å². The molecule has 1 heterocycles. The van der Waals surface area contributed by atoms with Gasteiger partial charge in [-0.25, -0.2) is 0 Å². The Kier molecular flexibility index (Phi) is 4.53. The van der Waals surface area contributed by atoms with Crippen molar-refractivity contribution in [3.8, 4) is 0 Å². The molecule has 6 heteroatoms. The van der Waals surface area contributed by atoms with E-state index in [4.69, 9.17) is 11.6 Å². The van der Waals surface area contributed by atoms with Crippen molar-refractivity contribution in [2.45, 2.75) is 12.4 Å². The van der Waals surface area contributed by atoms with Crippen LogP contribution in [0.5, 0.6) is 0 Å². The summed E-state index contributed by atoms with van der Waals surface area (Å²) < 4.78 is 0. The number of halogens is 1. The van der Waals surface area contributed by atoms with Gasteiger partial charge in [-0.2, -0.15) is 0 Å². The number of anilines is 1. The lowest BCUT2D eigenvalue weighted by molar-refractivity contribution is -0.384. The molecule has 0 saturated heterocycles. The van der Waals surface area contributed by atoms with Crippen LogP contribution in [0.3, 0.4) is 0 Å². The lowest BCUT2D eigenvalue weighted by Crippen LogP contribution is -2.18. The molecule has 0 atom stereocenters. The third-order valence-electron chi connectivity index (χ3n) is 2.93. The number of rotatable bonds is 5. The Morgan fingerprint density at radius 2 is 2.15 bits per heavy atom. The van der Waals surface area contributed by atoms with Gasteiger partial charge in [-0.05, 0) is 23.8 Å². The number of alkyl halides is 1. The number of benzene rings is 1. The van der Waals surface area contributed by atoms with Crippen molar-refractivity contribution >= 4 is 23.0 Å². The van der Waals surface area contributed by atoms with Crippen LogP contribution in [0.25, 0.3) is 0 Å². The fraction of sp³-hybridized carbons (Fsp3) is 0.214. The third-order valence-corrected chi connectivity index (χ3v) is 3.24. The standard InChI is InChI=1S/C14H14ClN3O2/c1-17(10-12-4-2-3-7-16-12)13-6-5-11(9-15)8-14(13)18(19)20/h2-8H,9-10H2,1H3. The first-order valence-electron chi connectivity index (χ1n) is 6.06. The van der Waals surface area contributed by atoms with E-state index >= 15 is 0 Å². The zero-order valence-electron chi connectivity index (χ0n) is 11.0. The highest BCUT2D eigenvalue weighted by Gasteiger charge is 2.18. The van der Waals surface area contributed by atoms with Gasteiger partial charge >= 0.3 is 0 Å². The van der Waals surface area contributed by atoms with Crippen LogP contribution in [-0.2, 0) is 12.4 Å². The second-order valence-corrected chi connectivity index (χ2v) is 4.66. The van der Waals surface area contributed by atoms with Crippen molar-refractivity contribution in [2.24, 2.45) is 0 Å². The molecule has 104 valence electrons. The normalized spacial score (nSPS) is 10.3.